The molecule has 0 unspecified atom stereocenters. The second-order valence-corrected chi connectivity index (χ2v) is 6.25. The largest absolute Gasteiger partial charge is 0.398 e. The molecule has 1 aliphatic heterocycles. The summed E-state index contributed by atoms with van der Waals surface area (Å²) in [6, 6.07) is 1.64. The fourth-order valence-electron chi connectivity index (χ4n) is 2.69. The fourth-order valence-corrected chi connectivity index (χ4v) is 2.69. The molecule has 0 aliphatic carbocycles. The minimum Gasteiger partial charge on any atom is -0.398 e. The predicted octanol–water partition coefficient (Wildman–Crippen LogP) is 1.69. The Balaban J connectivity index is 2.27. The topological polar surface area (TPSA) is 68.5 Å². The van der Waals surface area contributed by atoms with E-state index in [1.807, 2.05) is 27.7 Å². The molecule has 1 amide bonds. The van der Waals surface area contributed by atoms with Gasteiger partial charge in [-0.3, -0.25) is 9.78 Å². The Morgan fingerprint density at radius 2 is 1.89 bits per heavy atom. The van der Waals surface area contributed by atoms with Crippen molar-refractivity contribution in [1.82, 2.24) is 9.88 Å². The Hall–Kier alpha value is -1.62. The summed E-state index contributed by atoms with van der Waals surface area (Å²) in [6.07, 6.45) is 3.10. The molecule has 0 saturated carbocycles. The number of morpholine rings is 1. The number of rotatable bonds is 1. The molecule has 1 aliphatic rings. The summed E-state index contributed by atoms with van der Waals surface area (Å²) in [5, 5.41) is 0. The number of carbonyl (C=O) groups is 1. The maximum atomic E-state index is 12.5. The summed E-state index contributed by atoms with van der Waals surface area (Å²) in [5.41, 5.74) is 6.03. The molecule has 5 heteroatoms. The molecule has 0 radical (unpaired) electrons. The lowest BCUT2D eigenvalue weighted by Gasteiger charge is -2.47. The van der Waals surface area contributed by atoms with Crippen LogP contribution in [0.5, 0.6) is 0 Å². The van der Waals surface area contributed by atoms with E-state index in [2.05, 4.69) is 4.98 Å². The minimum atomic E-state index is -0.367. The number of amides is 1. The molecule has 0 atom stereocenters. The van der Waals surface area contributed by atoms with Crippen LogP contribution in [0.25, 0.3) is 0 Å². The van der Waals surface area contributed by atoms with Crippen molar-refractivity contribution in [3.63, 3.8) is 0 Å². The van der Waals surface area contributed by atoms with Gasteiger partial charge in [-0.2, -0.15) is 0 Å². The fraction of sp³-hybridized carbons (Fsp3) is 0.571. The van der Waals surface area contributed by atoms with Gasteiger partial charge in [0.05, 0.1) is 16.8 Å². The van der Waals surface area contributed by atoms with Crippen LogP contribution < -0.4 is 5.73 Å². The van der Waals surface area contributed by atoms with Crippen LogP contribution in [0.15, 0.2) is 18.5 Å². The molecule has 0 spiro atoms. The predicted molar refractivity (Wildman–Crippen MR) is 73.8 cm³/mol. The first-order chi connectivity index (χ1) is 8.70. The first kappa shape index (κ1) is 13.8. The van der Waals surface area contributed by atoms with E-state index in [0.717, 1.165) is 0 Å². The third kappa shape index (κ3) is 3.04. The summed E-state index contributed by atoms with van der Waals surface area (Å²) >= 11 is 0. The normalized spacial score (nSPS) is 21.2. The summed E-state index contributed by atoms with van der Waals surface area (Å²) in [4.78, 5) is 18.3. The highest BCUT2D eigenvalue weighted by molar-refractivity contribution is 5.98. The minimum absolute atomic E-state index is 0.0879. The van der Waals surface area contributed by atoms with Crippen LogP contribution in [0.3, 0.4) is 0 Å². The zero-order valence-electron chi connectivity index (χ0n) is 11.9. The van der Waals surface area contributed by atoms with Crippen LogP contribution >= 0.6 is 0 Å². The molecule has 1 aromatic rings. The lowest BCUT2D eigenvalue weighted by molar-refractivity contribution is -0.171. The van der Waals surface area contributed by atoms with Gasteiger partial charge >= 0.3 is 0 Å². The zero-order chi connectivity index (χ0) is 14.3. The van der Waals surface area contributed by atoms with Crippen LogP contribution in [0.1, 0.15) is 38.1 Å². The van der Waals surface area contributed by atoms with Crippen LogP contribution in [-0.4, -0.2) is 40.1 Å². The number of hydrogen-bond donors (Lipinski definition) is 1. The number of ether oxygens (including phenoxy) is 1. The van der Waals surface area contributed by atoms with Crippen LogP contribution in [0.2, 0.25) is 0 Å². The van der Waals surface area contributed by atoms with E-state index in [-0.39, 0.29) is 17.1 Å². The first-order valence-corrected chi connectivity index (χ1v) is 6.39. The Morgan fingerprint density at radius 1 is 1.32 bits per heavy atom. The van der Waals surface area contributed by atoms with E-state index in [0.29, 0.717) is 24.3 Å². The van der Waals surface area contributed by atoms with Crippen molar-refractivity contribution >= 4 is 11.6 Å². The first-order valence-electron chi connectivity index (χ1n) is 6.39. The third-order valence-electron chi connectivity index (χ3n) is 3.07. The van der Waals surface area contributed by atoms with Crippen molar-refractivity contribution in [3.8, 4) is 0 Å². The Morgan fingerprint density at radius 3 is 2.42 bits per heavy atom. The van der Waals surface area contributed by atoms with Gasteiger partial charge in [-0.05, 0) is 33.8 Å². The standard InChI is InChI=1S/C14H21N3O2/c1-13(2)8-17(9-14(3,4)19-13)12(18)10-7-16-6-5-11(10)15/h5-7H,8-9H2,1-4H3,(H2,15,16). The number of nitrogen functional groups attached to an aromatic ring is 1. The smallest absolute Gasteiger partial charge is 0.257 e. The van der Waals surface area contributed by atoms with Crippen LogP contribution in [0.4, 0.5) is 5.69 Å². The molecule has 1 saturated heterocycles. The molecule has 1 aromatic heterocycles. The van der Waals surface area contributed by atoms with Gasteiger partial charge in [0.15, 0.2) is 0 Å². The van der Waals surface area contributed by atoms with E-state index in [4.69, 9.17) is 10.5 Å². The zero-order valence-corrected chi connectivity index (χ0v) is 11.9. The summed E-state index contributed by atoms with van der Waals surface area (Å²) < 4.78 is 5.97. The highest BCUT2D eigenvalue weighted by Crippen LogP contribution is 2.29. The molecule has 2 rings (SSSR count). The lowest BCUT2D eigenvalue weighted by atomic mass is 9.98. The van der Waals surface area contributed by atoms with Gasteiger partial charge in [-0.15, -0.1) is 0 Å². The molecule has 2 N–H and O–H groups in total. The number of nitrogens with zero attached hydrogens (tertiary/aromatic N) is 2. The number of anilines is 1. The van der Waals surface area contributed by atoms with Crippen molar-refractivity contribution in [3.05, 3.63) is 24.0 Å². The van der Waals surface area contributed by atoms with Crippen LogP contribution in [-0.2, 0) is 4.74 Å². The quantitative estimate of drug-likeness (QED) is 0.837. The average molecular weight is 263 g/mol. The van der Waals surface area contributed by atoms with Gasteiger partial charge in [0, 0.05) is 31.2 Å². The van der Waals surface area contributed by atoms with Gasteiger partial charge in [-0.1, -0.05) is 0 Å². The molecule has 0 aromatic carbocycles. The second kappa shape index (κ2) is 4.49. The summed E-state index contributed by atoms with van der Waals surface area (Å²) in [5.74, 6) is -0.0879. The Bertz CT molecular complexity index is 481. The van der Waals surface area contributed by atoms with Gasteiger partial charge in [0.25, 0.3) is 5.91 Å². The highest BCUT2D eigenvalue weighted by Gasteiger charge is 2.40. The van der Waals surface area contributed by atoms with E-state index < -0.39 is 0 Å². The number of hydrogen-bond acceptors (Lipinski definition) is 4. The van der Waals surface area contributed by atoms with Crippen LogP contribution in [0, 0.1) is 0 Å². The average Bonchev–Trinajstić information content (AvgIpc) is 2.24. The van der Waals surface area contributed by atoms with Crippen molar-refractivity contribution in [2.75, 3.05) is 18.8 Å². The number of aromatic nitrogens is 1. The monoisotopic (exact) mass is 263 g/mol. The van der Waals surface area contributed by atoms with Crippen molar-refractivity contribution in [1.29, 1.82) is 0 Å². The maximum Gasteiger partial charge on any atom is 0.257 e. The van der Waals surface area contributed by atoms with Crippen molar-refractivity contribution in [2.45, 2.75) is 38.9 Å². The molecule has 19 heavy (non-hydrogen) atoms. The van der Waals surface area contributed by atoms with Gasteiger partial charge < -0.3 is 15.4 Å². The highest BCUT2D eigenvalue weighted by atomic mass is 16.5. The van der Waals surface area contributed by atoms with Crippen molar-refractivity contribution in [2.24, 2.45) is 0 Å². The Kier molecular flexibility index (Phi) is 3.26. The maximum absolute atomic E-state index is 12.5. The molecule has 104 valence electrons. The summed E-state index contributed by atoms with van der Waals surface area (Å²) in [7, 11) is 0. The van der Waals surface area contributed by atoms with E-state index >= 15 is 0 Å². The Labute approximate surface area is 113 Å². The van der Waals surface area contributed by atoms with E-state index in [1.165, 1.54) is 6.20 Å². The van der Waals surface area contributed by atoms with E-state index in [9.17, 15) is 4.79 Å². The molecular formula is C14H21N3O2. The van der Waals surface area contributed by atoms with Gasteiger partial charge in [0.1, 0.15) is 0 Å². The van der Waals surface area contributed by atoms with Gasteiger partial charge in [0.2, 0.25) is 0 Å². The number of carbonyl (C=O) groups excluding carboxylic acids is 1. The number of pyridine rings is 1. The molecule has 1 fully saturated rings. The second-order valence-electron chi connectivity index (χ2n) is 6.25. The SMILES string of the molecule is CC1(C)CN(C(=O)c2cnccc2N)CC(C)(C)O1. The molecule has 2 heterocycles. The molecule has 5 nitrogen and oxygen atoms in total. The van der Waals surface area contributed by atoms with Crippen molar-refractivity contribution < 1.29 is 9.53 Å². The summed E-state index contributed by atoms with van der Waals surface area (Å²) in [6.45, 7) is 9.04. The lowest BCUT2D eigenvalue weighted by Crippen LogP contribution is -2.58. The van der Waals surface area contributed by atoms with Gasteiger partial charge in [-0.25, -0.2) is 0 Å². The van der Waals surface area contributed by atoms with E-state index in [1.54, 1.807) is 17.2 Å². The molecule has 0 bridgehead atoms. The number of nitrogens with two attached hydrogens (primary N) is 1. The third-order valence-corrected chi connectivity index (χ3v) is 3.07. The molecular weight excluding hydrogens is 242 g/mol.